The van der Waals surface area contributed by atoms with E-state index in [1.165, 1.54) is 6.21 Å². The van der Waals surface area contributed by atoms with Gasteiger partial charge in [-0.1, -0.05) is 73.7 Å². The highest BCUT2D eigenvalue weighted by Crippen LogP contribution is 2.34. The van der Waals surface area contributed by atoms with Crippen LogP contribution in [0.1, 0.15) is 29.3 Å². The number of esters is 1. The van der Waals surface area contributed by atoms with Gasteiger partial charge in [0, 0.05) is 0 Å². The average Bonchev–Trinajstić information content (AvgIpc) is 2.97. The van der Waals surface area contributed by atoms with Crippen LogP contribution < -0.4 is 14.9 Å². The molecule has 1 amide bonds. The third-order valence-corrected chi connectivity index (χ3v) is 7.07. The highest BCUT2D eigenvalue weighted by molar-refractivity contribution is 9.10. The summed E-state index contributed by atoms with van der Waals surface area (Å²) in [5, 5.41) is 7.97. The molecule has 5 aromatic rings. The molecule has 5 aromatic carbocycles. The monoisotopic (exact) mass is 580 g/mol. The Kier molecular flexibility index (Phi) is 7.99. The molecule has 0 radical (unpaired) electrons. The summed E-state index contributed by atoms with van der Waals surface area (Å²) in [4.78, 5) is 25.5. The number of nitrogens with one attached hydrogen (secondary N) is 1. The van der Waals surface area contributed by atoms with Crippen molar-refractivity contribution < 1.29 is 19.1 Å². The summed E-state index contributed by atoms with van der Waals surface area (Å²) >= 11 is 3.60. The Balaban J connectivity index is 1.19. The molecule has 0 saturated carbocycles. The zero-order valence-electron chi connectivity index (χ0n) is 21.1. The molecule has 0 aromatic heterocycles. The molecule has 0 unspecified atom stereocenters. The molecule has 0 aliphatic rings. The van der Waals surface area contributed by atoms with Crippen molar-refractivity contribution in [3.05, 3.63) is 119 Å². The number of benzene rings is 5. The van der Waals surface area contributed by atoms with E-state index in [1.807, 2.05) is 79.7 Å². The van der Waals surface area contributed by atoms with E-state index in [2.05, 4.69) is 26.5 Å². The molecule has 0 spiro atoms. The van der Waals surface area contributed by atoms with Crippen molar-refractivity contribution in [1.29, 1.82) is 0 Å². The van der Waals surface area contributed by atoms with Gasteiger partial charge in [-0.15, -0.1) is 0 Å². The highest BCUT2D eigenvalue weighted by atomic mass is 79.9. The van der Waals surface area contributed by atoms with Crippen molar-refractivity contribution in [2.24, 2.45) is 5.10 Å². The smallest absolute Gasteiger partial charge is 0.344 e. The maximum absolute atomic E-state index is 12.8. The fourth-order valence-electron chi connectivity index (χ4n) is 4.21. The number of hydrogen-bond donors (Lipinski definition) is 1. The third-order valence-electron chi connectivity index (χ3n) is 6.25. The molecule has 6 nitrogen and oxygen atoms in total. The Morgan fingerprint density at radius 2 is 1.51 bits per heavy atom. The molecule has 7 heteroatoms. The standard InChI is InChI=1S/C32H25BrN2O4/c1-2-28(39-29-19-16-23-9-4-6-12-26(23)30(29)33)31(36)35-34-20-21-14-17-24(18-15-21)38-32(37)27-13-7-10-22-8-3-5-11-25(22)27/h3-20,28H,2H2,1H3,(H,35,36)/b34-20-/t28-/m0/s1. The van der Waals surface area contributed by atoms with E-state index in [0.717, 1.165) is 31.6 Å². The molecular formula is C32H25BrN2O4. The molecule has 0 aliphatic heterocycles. The SMILES string of the molecule is CC[C@H](Oc1ccc2ccccc2c1Br)C(=O)N/N=C\c1ccc(OC(=O)c2cccc3ccccc23)cc1. The first-order chi connectivity index (χ1) is 19.0. The average molecular weight is 581 g/mol. The lowest BCUT2D eigenvalue weighted by atomic mass is 10.0. The van der Waals surface area contributed by atoms with Gasteiger partial charge in [-0.25, -0.2) is 10.2 Å². The number of amides is 1. The molecular weight excluding hydrogens is 556 g/mol. The van der Waals surface area contributed by atoms with E-state index in [9.17, 15) is 9.59 Å². The van der Waals surface area contributed by atoms with Crippen molar-refractivity contribution in [3.8, 4) is 11.5 Å². The number of nitrogens with zero attached hydrogens (tertiary/aromatic N) is 1. The van der Waals surface area contributed by atoms with Gasteiger partial charge in [-0.05, 0) is 85.9 Å². The van der Waals surface area contributed by atoms with Gasteiger partial charge in [0.05, 0.1) is 16.3 Å². The van der Waals surface area contributed by atoms with E-state index in [0.29, 0.717) is 23.5 Å². The largest absolute Gasteiger partial charge is 0.479 e. The van der Waals surface area contributed by atoms with E-state index in [1.54, 1.807) is 30.3 Å². The van der Waals surface area contributed by atoms with Crippen LogP contribution in [0.5, 0.6) is 11.5 Å². The Bertz CT molecular complexity index is 1680. The number of fused-ring (bicyclic) bond motifs is 2. The van der Waals surface area contributed by atoms with Gasteiger partial charge in [-0.2, -0.15) is 5.10 Å². The van der Waals surface area contributed by atoms with Crippen LogP contribution in [0.4, 0.5) is 0 Å². The summed E-state index contributed by atoms with van der Waals surface area (Å²) in [5.74, 6) is 0.224. The molecule has 39 heavy (non-hydrogen) atoms. The van der Waals surface area contributed by atoms with Gasteiger partial charge < -0.3 is 9.47 Å². The molecule has 0 fully saturated rings. The fourth-order valence-corrected chi connectivity index (χ4v) is 4.80. The summed E-state index contributed by atoms with van der Waals surface area (Å²) in [5.41, 5.74) is 3.78. The lowest BCUT2D eigenvalue weighted by molar-refractivity contribution is -0.128. The van der Waals surface area contributed by atoms with Crippen molar-refractivity contribution in [1.82, 2.24) is 5.43 Å². The van der Waals surface area contributed by atoms with Crippen LogP contribution >= 0.6 is 15.9 Å². The number of halogens is 1. The Hall–Kier alpha value is -4.49. The van der Waals surface area contributed by atoms with Gasteiger partial charge >= 0.3 is 5.97 Å². The van der Waals surface area contributed by atoms with Crippen LogP contribution in [0.3, 0.4) is 0 Å². The first-order valence-electron chi connectivity index (χ1n) is 12.5. The van der Waals surface area contributed by atoms with E-state index in [-0.39, 0.29) is 5.91 Å². The summed E-state index contributed by atoms with van der Waals surface area (Å²) in [6, 6.07) is 31.8. The summed E-state index contributed by atoms with van der Waals surface area (Å²) in [7, 11) is 0. The van der Waals surface area contributed by atoms with Gasteiger partial charge in [-0.3, -0.25) is 4.79 Å². The quantitative estimate of drug-likeness (QED) is 0.0905. The summed E-state index contributed by atoms with van der Waals surface area (Å²) in [6.07, 6.45) is 1.28. The zero-order valence-corrected chi connectivity index (χ0v) is 22.7. The molecule has 194 valence electrons. The number of carbonyl (C=O) groups excluding carboxylic acids is 2. The molecule has 0 saturated heterocycles. The molecule has 5 rings (SSSR count). The fraction of sp³-hybridized carbons (Fsp3) is 0.0938. The van der Waals surface area contributed by atoms with Gasteiger partial charge in [0.2, 0.25) is 0 Å². The van der Waals surface area contributed by atoms with Gasteiger partial charge in [0.25, 0.3) is 5.91 Å². The van der Waals surface area contributed by atoms with Crippen LogP contribution in [0.15, 0.2) is 113 Å². The van der Waals surface area contributed by atoms with Crippen LogP contribution in [-0.2, 0) is 4.79 Å². The lowest BCUT2D eigenvalue weighted by Crippen LogP contribution is -2.35. The van der Waals surface area contributed by atoms with Crippen LogP contribution in [-0.4, -0.2) is 24.2 Å². The minimum absolute atomic E-state index is 0.352. The number of hydrogen-bond acceptors (Lipinski definition) is 5. The van der Waals surface area contributed by atoms with Crippen molar-refractivity contribution in [3.63, 3.8) is 0 Å². The molecule has 0 bridgehead atoms. The number of ether oxygens (including phenoxy) is 2. The number of rotatable bonds is 8. The summed E-state index contributed by atoms with van der Waals surface area (Å²) < 4.78 is 12.4. The normalized spacial score (nSPS) is 11.9. The number of hydrazone groups is 1. The zero-order chi connectivity index (χ0) is 27.2. The van der Waals surface area contributed by atoms with Crippen molar-refractivity contribution >= 4 is 55.6 Å². The molecule has 1 atom stereocenters. The van der Waals surface area contributed by atoms with Crippen LogP contribution in [0.2, 0.25) is 0 Å². The van der Waals surface area contributed by atoms with Gasteiger partial charge in [0.1, 0.15) is 11.5 Å². The highest BCUT2D eigenvalue weighted by Gasteiger charge is 2.20. The Morgan fingerprint density at radius 3 is 2.26 bits per heavy atom. The maximum Gasteiger partial charge on any atom is 0.344 e. The molecule has 0 heterocycles. The second kappa shape index (κ2) is 11.9. The van der Waals surface area contributed by atoms with Crippen LogP contribution in [0.25, 0.3) is 21.5 Å². The second-order valence-electron chi connectivity index (χ2n) is 8.83. The predicted octanol–water partition coefficient (Wildman–Crippen LogP) is 7.28. The van der Waals surface area contributed by atoms with Crippen molar-refractivity contribution in [2.45, 2.75) is 19.4 Å². The van der Waals surface area contributed by atoms with E-state index < -0.39 is 12.1 Å². The van der Waals surface area contributed by atoms with E-state index in [4.69, 9.17) is 9.47 Å². The lowest BCUT2D eigenvalue weighted by Gasteiger charge is -2.17. The topological polar surface area (TPSA) is 77.0 Å². The Morgan fingerprint density at radius 1 is 0.846 bits per heavy atom. The first-order valence-corrected chi connectivity index (χ1v) is 13.3. The van der Waals surface area contributed by atoms with Gasteiger partial charge in [0.15, 0.2) is 6.10 Å². The Labute approximate surface area is 234 Å². The van der Waals surface area contributed by atoms with Crippen LogP contribution in [0, 0.1) is 0 Å². The predicted molar refractivity (Wildman–Crippen MR) is 157 cm³/mol. The number of carbonyl (C=O) groups is 2. The first kappa shape index (κ1) is 26.1. The maximum atomic E-state index is 12.8. The minimum Gasteiger partial charge on any atom is -0.479 e. The van der Waals surface area contributed by atoms with E-state index >= 15 is 0 Å². The second-order valence-corrected chi connectivity index (χ2v) is 9.63. The van der Waals surface area contributed by atoms with Crippen molar-refractivity contribution in [2.75, 3.05) is 0 Å². The minimum atomic E-state index is -0.713. The molecule has 0 aliphatic carbocycles. The summed E-state index contributed by atoms with van der Waals surface area (Å²) in [6.45, 7) is 1.88. The molecule has 1 N–H and O–H groups in total. The third kappa shape index (κ3) is 5.99.